The Labute approximate surface area is 199 Å². The molecule has 4 heterocycles. The molecule has 0 aliphatic carbocycles. The predicted octanol–water partition coefficient (Wildman–Crippen LogP) is 1.96. The van der Waals surface area contributed by atoms with Crippen LogP contribution < -0.4 is 5.32 Å². The van der Waals surface area contributed by atoms with Gasteiger partial charge in [0.25, 0.3) is 0 Å². The number of hydrogen-bond donors (Lipinski definition) is 3. The Kier molecular flexibility index (Phi) is 6.91. The van der Waals surface area contributed by atoms with Crippen LogP contribution in [0.2, 0.25) is 0 Å². The maximum atomic E-state index is 12.1. The summed E-state index contributed by atoms with van der Waals surface area (Å²) in [6.45, 7) is 2.92. The van der Waals surface area contributed by atoms with Crippen LogP contribution in [-0.2, 0) is 10.0 Å². The summed E-state index contributed by atoms with van der Waals surface area (Å²) in [5.74, 6) is 0.864. The van der Waals surface area contributed by atoms with E-state index in [4.69, 9.17) is 10.4 Å². The number of anilines is 1. The Morgan fingerprint density at radius 2 is 2.12 bits per heavy atom. The number of sulfonamides is 1. The van der Waals surface area contributed by atoms with Crippen LogP contribution in [-0.4, -0.2) is 93.8 Å². The molecule has 3 aromatic heterocycles. The summed E-state index contributed by atoms with van der Waals surface area (Å²) in [5, 5.41) is 12.0. The van der Waals surface area contributed by atoms with Gasteiger partial charge in [0, 0.05) is 44.0 Å². The molecule has 0 bridgehead atoms. The van der Waals surface area contributed by atoms with Crippen LogP contribution in [0.25, 0.3) is 22.4 Å². The van der Waals surface area contributed by atoms with Crippen LogP contribution in [0.15, 0.2) is 24.7 Å². The van der Waals surface area contributed by atoms with Crippen molar-refractivity contribution in [3.05, 3.63) is 30.5 Å². The third-order valence-electron chi connectivity index (χ3n) is 6.17. The molecule has 0 radical (unpaired) electrons. The average molecular weight is 486 g/mol. The van der Waals surface area contributed by atoms with Crippen molar-refractivity contribution in [3.63, 3.8) is 0 Å². The second-order valence-corrected chi connectivity index (χ2v) is 11.0. The van der Waals surface area contributed by atoms with Gasteiger partial charge in [0.1, 0.15) is 11.3 Å². The van der Waals surface area contributed by atoms with E-state index in [1.165, 1.54) is 10.6 Å². The molecule has 1 saturated heterocycles. The highest BCUT2D eigenvalue weighted by atomic mass is 32.2. The lowest BCUT2D eigenvalue weighted by atomic mass is 10.1. The van der Waals surface area contributed by atoms with E-state index in [2.05, 4.69) is 25.3 Å². The quantitative estimate of drug-likeness (QED) is 0.411. The van der Waals surface area contributed by atoms with Crippen LogP contribution in [0.1, 0.15) is 32.0 Å². The zero-order valence-electron chi connectivity index (χ0n) is 19.9. The van der Waals surface area contributed by atoms with Gasteiger partial charge >= 0.3 is 0 Å². The normalized spacial score (nSPS) is 18.3. The highest BCUT2D eigenvalue weighted by Crippen LogP contribution is 2.27. The standard InChI is InChI=1S/C22H31N9O2S/c1-14(30(2)3)10-17(23)21-25-11-16(19-12-26-22-18(28-19)7-8-24-22)20(29-21)27-15-6-5-9-31(13-15)34(4,32)33/h7-8,11-12,14-15,23H,5-6,9-10,13H2,1-4H3,(H,24,26)(H,25,27,29)/t14-,15+/m1/s1. The minimum absolute atomic E-state index is 0.121. The molecule has 182 valence electrons. The first kappa shape index (κ1) is 24.2. The predicted molar refractivity (Wildman–Crippen MR) is 133 cm³/mol. The molecule has 0 aromatic carbocycles. The number of H-pyrrole nitrogens is 1. The molecule has 11 nitrogen and oxygen atoms in total. The van der Waals surface area contributed by atoms with Gasteiger partial charge in [0.05, 0.1) is 29.4 Å². The van der Waals surface area contributed by atoms with Gasteiger partial charge in [-0.2, -0.15) is 0 Å². The van der Waals surface area contributed by atoms with Crippen molar-refractivity contribution >= 4 is 32.7 Å². The Bertz CT molecular complexity index is 1290. The summed E-state index contributed by atoms with van der Waals surface area (Å²) in [7, 11) is 0.669. The Morgan fingerprint density at radius 3 is 2.85 bits per heavy atom. The summed E-state index contributed by atoms with van der Waals surface area (Å²) in [6.07, 6.45) is 8.41. The molecule has 12 heteroatoms. The molecule has 0 unspecified atom stereocenters. The van der Waals surface area contributed by atoms with Crippen LogP contribution in [0.5, 0.6) is 0 Å². The Balaban J connectivity index is 1.68. The van der Waals surface area contributed by atoms with Crippen molar-refractivity contribution in [3.8, 4) is 11.3 Å². The SMILES string of the molecule is C[C@H](CC(=N)c1ncc(-c2cnc3[nH]ccc3n2)c(N[C@H]2CCCN(S(C)(=O)=O)C2)n1)N(C)C. The van der Waals surface area contributed by atoms with Crippen molar-refractivity contribution in [2.24, 2.45) is 0 Å². The first-order valence-electron chi connectivity index (χ1n) is 11.2. The molecule has 0 saturated carbocycles. The molecule has 34 heavy (non-hydrogen) atoms. The van der Waals surface area contributed by atoms with E-state index in [0.717, 1.165) is 18.4 Å². The van der Waals surface area contributed by atoms with Gasteiger partial charge in [-0.15, -0.1) is 0 Å². The number of aromatic amines is 1. The largest absolute Gasteiger partial charge is 0.365 e. The first-order chi connectivity index (χ1) is 16.1. The van der Waals surface area contributed by atoms with E-state index in [1.54, 1.807) is 18.6 Å². The topological polar surface area (TPSA) is 144 Å². The molecule has 1 fully saturated rings. The molecule has 1 aliphatic rings. The fourth-order valence-electron chi connectivity index (χ4n) is 3.91. The van der Waals surface area contributed by atoms with Crippen molar-refractivity contribution in [1.29, 1.82) is 5.41 Å². The molecular formula is C22H31N9O2S. The number of nitrogens with zero attached hydrogens (tertiary/aromatic N) is 6. The molecular weight excluding hydrogens is 454 g/mol. The van der Waals surface area contributed by atoms with Gasteiger partial charge in [0.15, 0.2) is 11.5 Å². The lowest BCUT2D eigenvalue weighted by Gasteiger charge is -2.32. The third-order valence-corrected chi connectivity index (χ3v) is 7.44. The summed E-state index contributed by atoms with van der Waals surface area (Å²) in [6, 6.07) is 1.89. The summed E-state index contributed by atoms with van der Waals surface area (Å²) < 4.78 is 25.7. The van der Waals surface area contributed by atoms with Gasteiger partial charge in [0.2, 0.25) is 10.0 Å². The van der Waals surface area contributed by atoms with Gasteiger partial charge in [-0.25, -0.2) is 32.7 Å². The summed E-state index contributed by atoms with van der Waals surface area (Å²) >= 11 is 0. The van der Waals surface area contributed by atoms with Crippen LogP contribution in [0.3, 0.4) is 0 Å². The molecule has 2 atom stereocenters. The lowest BCUT2D eigenvalue weighted by molar-refractivity contribution is 0.321. The minimum Gasteiger partial charge on any atom is -0.365 e. The minimum atomic E-state index is -3.28. The van der Waals surface area contributed by atoms with E-state index in [9.17, 15) is 8.42 Å². The lowest BCUT2D eigenvalue weighted by Crippen LogP contribution is -2.44. The molecule has 1 aliphatic heterocycles. The van der Waals surface area contributed by atoms with Crippen molar-refractivity contribution < 1.29 is 8.42 Å². The number of piperidine rings is 1. The highest BCUT2D eigenvalue weighted by molar-refractivity contribution is 7.88. The zero-order chi connectivity index (χ0) is 24.5. The van der Waals surface area contributed by atoms with Crippen LogP contribution in [0, 0.1) is 5.41 Å². The van der Waals surface area contributed by atoms with Crippen molar-refractivity contribution in [1.82, 2.24) is 34.1 Å². The molecule has 0 amide bonds. The smallest absolute Gasteiger partial charge is 0.211 e. The van der Waals surface area contributed by atoms with Gasteiger partial charge < -0.3 is 20.6 Å². The van der Waals surface area contributed by atoms with E-state index in [-0.39, 0.29) is 12.1 Å². The summed E-state index contributed by atoms with van der Waals surface area (Å²) in [5.41, 5.74) is 3.01. The summed E-state index contributed by atoms with van der Waals surface area (Å²) in [4.78, 5) is 23.4. The van der Waals surface area contributed by atoms with E-state index in [1.807, 2.05) is 32.0 Å². The number of rotatable bonds is 8. The van der Waals surface area contributed by atoms with E-state index >= 15 is 0 Å². The second-order valence-electron chi connectivity index (χ2n) is 9.02. The molecule has 3 aromatic rings. The van der Waals surface area contributed by atoms with Crippen molar-refractivity contribution in [2.75, 3.05) is 38.8 Å². The number of nitrogens with one attached hydrogen (secondary N) is 3. The second kappa shape index (κ2) is 9.72. The highest BCUT2D eigenvalue weighted by Gasteiger charge is 2.27. The maximum Gasteiger partial charge on any atom is 0.211 e. The van der Waals surface area contributed by atoms with Crippen molar-refractivity contribution in [2.45, 2.75) is 38.3 Å². The monoisotopic (exact) mass is 485 g/mol. The maximum absolute atomic E-state index is 12.1. The third kappa shape index (κ3) is 5.40. The first-order valence-corrected chi connectivity index (χ1v) is 13.1. The van der Waals surface area contributed by atoms with Gasteiger partial charge in [-0.05, 0) is 39.9 Å². The molecule has 0 spiro atoms. The molecule has 3 N–H and O–H groups in total. The van der Waals surface area contributed by atoms with Crippen LogP contribution >= 0.6 is 0 Å². The van der Waals surface area contributed by atoms with Crippen LogP contribution in [0.4, 0.5) is 5.82 Å². The van der Waals surface area contributed by atoms with E-state index < -0.39 is 10.0 Å². The molecule has 4 rings (SSSR count). The Hall–Kier alpha value is -2.96. The fraction of sp³-hybridized carbons (Fsp3) is 0.500. The average Bonchev–Trinajstić information content (AvgIpc) is 3.26. The van der Waals surface area contributed by atoms with Gasteiger partial charge in [-0.1, -0.05) is 0 Å². The number of fused-ring (bicyclic) bond motifs is 1. The van der Waals surface area contributed by atoms with Gasteiger partial charge in [-0.3, -0.25) is 0 Å². The Morgan fingerprint density at radius 1 is 1.32 bits per heavy atom. The zero-order valence-corrected chi connectivity index (χ0v) is 20.7. The number of aromatic nitrogens is 5. The van der Waals surface area contributed by atoms with E-state index in [0.29, 0.717) is 53.8 Å². The number of hydrogen-bond acceptors (Lipinski definition) is 9. The fourth-order valence-corrected chi connectivity index (χ4v) is 4.82.